The van der Waals surface area contributed by atoms with Gasteiger partial charge in [-0.05, 0) is 18.1 Å². The van der Waals surface area contributed by atoms with Crippen molar-refractivity contribution in [2.75, 3.05) is 5.32 Å². The van der Waals surface area contributed by atoms with Crippen molar-refractivity contribution in [3.63, 3.8) is 0 Å². The number of hydrogen-bond donors (Lipinski definition) is 1. The van der Waals surface area contributed by atoms with E-state index in [1.165, 1.54) is 11.8 Å². The first-order valence-corrected chi connectivity index (χ1v) is 7.55. The van der Waals surface area contributed by atoms with Crippen LogP contribution in [0.15, 0.2) is 63.9 Å². The Bertz CT molecular complexity index is 996. The number of carbonyl (C=O) groups is 1. The smallest absolute Gasteiger partial charge is 0.273 e. The van der Waals surface area contributed by atoms with E-state index in [4.69, 9.17) is 8.94 Å². The molecular formula is C18H15N3O3. The second kappa shape index (κ2) is 5.73. The topological polar surface area (TPSA) is 73.2 Å². The van der Waals surface area contributed by atoms with Crippen molar-refractivity contribution < 1.29 is 13.7 Å². The number of fused-ring (bicyclic) bond motifs is 1. The lowest BCUT2D eigenvalue weighted by Gasteiger charge is -2.11. The molecule has 0 fully saturated rings. The van der Waals surface area contributed by atoms with E-state index in [2.05, 4.69) is 29.5 Å². The molecule has 3 aromatic heterocycles. The average molecular weight is 321 g/mol. The molecule has 0 bridgehead atoms. The van der Waals surface area contributed by atoms with Gasteiger partial charge in [0.25, 0.3) is 5.91 Å². The van der Waals surface area contributed by atoms with Crippen LogP contribution in [0.4, 0.5) is 5.82 Å². The van der Waals surface area contributed by atoms with Crippen LogP contribution in [0.2, 0.25) is 0 Å². The lowest BCUT2D eigenvalue weighted by Crippen LogP contribution is -2.18. The Morgan fingerprint density at radius 1 is 1.21 bits per heavy atom. The van der Waals surface area contributed by atoms with Crippen molar-refractivity contribution in [3.8, 4) is 0 Å². The number of nitrogens with zero attached hydrogens (tertiary/aromatic N) is 2. The number of amides is 1. The fraction of sp³-hybridized carbons (Fsp3) is 0.111. The number of carbonyl (C=O) groups excluding carboxylic acids is 1. The van der Waals surface area contributed by atoms with Crippen LogP contribution in [0.5, 0.6) is 0 Å². The minimum absolute atomic E-state index is 0.260. The molecule has 0 saturated heterocycles. The van der Waals surface area contributed by atoms with Gasteiger partial charge in [-0.15, -0.1) is 0 Å². The fourth-order valence-electron chi connectivity index (χ4n) is 2.75. The molecule has 0 saturated carbocycles. The van der Waals surface area contributed by atoms with E-state index in [1.807, 2.05) is 22.8 Å². The van der Waals surface area contributed by atoms with Crippen molar-refractivity contribution in [1.29, 1.82) is 0 Å². The van der Waals surface area contributed by atoms with Gasteiger partial charge in [0.15, 0.2) is 11.4 Å². The Morgan fingerprint density at radius 2 is 2.08 bits per heavy atom. The Hall–Kier alpha value is -3.28. The first kappa shape index (κ1) is 14.3. The molecule has 1 amide bonds. The molecule has 0 unspecified atom stereocenters. The van der Waals surface area contributed by atoms with Gasteiger partial charge in [0.05, 0.1) is 11.8 Å². The fourth-order valence-corrected chi connectivity index (χ4v) is 2.75. The van der Waals surface area contributed by atoms with Crippen LogP contribution in [0.25, 0.3) is 11.1 Å². The van der Waals surface area contributed by atoms with Crippen molar-refractivity contribution in [2.45, 2.75) is 13.5 Å². The molecule has 4 aromatic rings. The predicted molar refractivity (Wildman–Crippen MR) is 88.9 cm³/mol. The summed E-state index contributed by atoms with van der Waals surface area (Å²) in [5.41, 5.74) is 4.38. The molecule has 0 aliphatic heterocycles. The predicted octanol–water partition coefficient (Wildman–Crippen LogP) is 3.83. The molecule has 0 aliphatic rings. The number of furan rings is 1. The Balaban J connectivity index is 1.74. The maximum Gasteiger partial charge on any atom is 0.273 e. The summed E-state index contributed by atoms with van der Waals surface area (Å²) in [6, 6.07) is 13.3. The van der Waals surface area contributed by atoms with Crippen molar-refractivity contribution in [3.05, 3.63) is 71.8 Å². The lowest BCUT2D eigenvalue weighted by molar-refractivity contribution is 0.101. The second-order valence-corrected chi connectivity index (χ2v) is 5.55. The normalized spacial score (nSPS) is 11.0. The molecule has 0 spiro atoms. The summed E-state index contributed by atoms with van der Waals surface area (Å²) in [7, 11) is 0. The minimum atomic E-state index is -0.260. The minimum Gasteiger partial charge on any atom is -0.463 e. The zero-order valence-corrected chi connectivity index (χ0v) is 13.0. The monoisotopic (exact) mass is 321 g/mol. The SMILES string of the molecule is Cc1ccccc1Cn1c(C(=O)Nc2ccon2)cc2occc21. The number of aryl methyl sites for hydroxylation is 1. The average Bonchev–Trinajstić information content (AvgIpc) is 3.28. The van der Waals surface area contributed by atoms with Crippen LogP contribution >= 0.6 is 0 Å². The van der Waals surface area contributed by atoms with E-state index >= 15 is 0 Å². The van der Waals surface area contributed by atoms with E-state index in [0.717, 1.165) is 11.1 Å². The summed E-state index contributed by atoms with van der Waals surface area (Å²) in [5, 5.41) is 6.43. The first-order valence-electron chi connectivity index (χ1n) is 7.55. The number of hydrogen-bond acceptors (Lipinski definition) is 4. The summed E-state index contributed by atoms with van der Waals surface area (Å²) in [4.78, 5) is 12.6. The number of benzene rings is 1. The summed E-state index contributed by atoms with van der Waals surface area (Å²) in [6.07, 6.45) is 3.03. The molecule has 0 aliphatic carbocycles. The van der Waals surface area contributed by atoms with Gasteiger partial charge >= 0.3 is 0 Å². The van der Waals surface area contributed by atoms with Gasteiger partial charge in [0.2, 0.25) is 0 Å². The molecule has 3 heterocycles. The first-order chi connectivity index (χ1) is 11.7. The molecule has 1 aromatic carbocycles. The third-order valence-corrected chi connectivity index (χ3v) is 4.02. The summed E-state index contributed by atoms with van der Waals surface area (Å²) in [5.74, 6) is 0.115. The molecule has 24 heavy (non-hydrogen) atoms. The summed E-state index contributed by atoms with van der Waals surface area (Å²) >= 11 is 0. The standard InChI is InChI=1S/C18H15N3O3/c1-12-4-2-3-5-13(12)11-21-14-6-8-23-16(14)10-15(21)18(22)19-17-7-9-24-20-17/h2-10H,11H2,1H3,(H,19,20,22). The van der Waals surface area contributed by atoms with E-state index in [9.17, 15) is 4.79 Å². The Kier molecular flexibility index (Phi) is 3.42. The maximum atomic E-state index is 12.6. The van der Waals surface area contributed by atoms with Crippen LogP contribution in [0.1, 0.15) is 21.6 Å². The number of rotatable bonds is 4. The van der Waals surface area contributed by atoms with Crippen LogP contribution in [-0.2, 0) is 6.54 Å². The van der Waals surface area contributed by atoms with Crippen molar-refractivity contribution >= 4 is 22.8 Å². The molecule has 6 heteroatoms. The van der Waals surface area contributed by atoms with E-state index in [0.29, 0.717) is 23.6 Å². The van der Waals surface area contributed by atoms with Gasteiger partial charge < -0.3 is 18.8 Å². The lowest BCUT2D eigenvalue weighted by atomic mass is 10.1. The van der Waals surface area contributed by atoms with Gasteiger partial charge in [-0.25, -0.2) is 0 Å². The van der Waals surface area contributed by atoms with E-state index in [-0.39, 0.29) is 5.91 Å². The second-order valence-electron chi connectivity index (χ2n) is 5.55. The molecule has 0 radical (unpaired) electrons. The molecule has 1 N–H and O–H groups in total. The summed E-state index contributed by atoms with van der Waals surface area (Å²) in [6.45, 7) is 2.64. The number of anilines is 1. The molecule has 6 nitrogen and oxygen atoms in total. The van der Waals surface area contributed by atoms with Gasteiger partial charge in [0, 0.05) is 24.7 Å². The molecule has 4 rings (SSSR count). The van der Waals surface area contributed by atoms with Gasteiger partial charge in [-0.1, -0.05) is 29.4 Å². The number of aromatic nitrogens is 2. The molecule has 0 atom stereocenters. The van der Waals surface area contributed by atoms with Crippen molar-refractivity contribution in [1.82, 2.24) is 9.72 Å². The van der Waals surface area contributed by atoms with Gasteiger partial charge in [-0.2, -0.15) is 0 Å². The highest BCUT2D eigenvalue weighted by Gasteiger charge is 2.19. The van der Waals surface area contributed by atoms with E-state index in [1.54, 1.807) is 18.4 Å². The quantitative estimate of drug-likeness (QED) is 0.620. The highest BCUT2D eigenvalue weighted by molar-refractivity contribution is 6.05. The Labute approximate surface area is 137 Å². The van der Waals surface area contributed by atoms with Gasteiger partial charge in [-0.3, -0.25) is 4.79 Å². The van der Waals surface area contributed by atoms with Crippen LogP contribution in [0, 0.1) is 6.92 Å². The maximum absolute atomic E-state index is 12.6. The van der Waals surface area contributed by atoms with Crippen LogP contribution in [-0.4, -0.2) is 15.6 Å². The zero-order valence-electron chi connectivity index (χ0n) is 13.0. The largest absolute Gasteiger partial charge is 0.463 e. The number of nitrogens with one attached hydrogen (secondary N) is 1. The van der Waals surface area contributed by atoms with Gasteiger partial charge in [0.1, 0.15) is 12.0 Å². The highest BCUT2D eigenvalue weighted by Crippen LogP contribution is 2.24. The van der Waals surface area contributed by atoms with E-state index < -0.39 is 0 Å². The third-order valence-electron chi connectivity index (χ3n) is 4.02. The highest BCUT2D eigenvalue weighted by atomic mass is 16.5. The Morgan fingerprint density at radius 3 is 2.88 bits per heavy atom. The third kappa shape index (κ3) is 2.48. The molecular weight excluding hydrogens is 306 g/mol. The van der Waals surface area contributed by atoms with Crippen molar-refractivity contribution in [2.24, 2.45) is 0 Å². The van der Waals surface area contributed by atoms with Crippen LogP contribution < -0.4 is 5.32 Å². The summed E-state index contributed by atoms with van der Waals surface area (Å²) < 4.78 is 12.1. The van der Waals surface area contributed by atoms with Crippen LogP contribution in [0.3, 0.4) is 0 Å². The zero-order chi connectivity index (χ0) is 16.5. The molecule has 120 valence electrons.